The van der Waals surface area contributed by atoms with Gasteiger partial charge in [-0.1, -0.05) is 29.8 Å². The van der Waals surface area contributed by atoms with Crippen molar-refractivity contribution in [2.24, 2.45) is 5.41 Å². The summed E-state index contributed by atoms with van der Waals surface area (Å²) in [6, 6.07) is 0. The summed E-state index contributed by atoms with van der Waals surface area (Å²) >= 11 is 3.45. The molecule has 0 aromatic carbocycles. The average Bonchev–Trinajstić information content (AvgIpc) is 2.71. The first kappa shape index (κ1) is 14.8. The maximum Gasteiger partial charge on any atom is 0.451 e. The SMILES string of the molecule is CC(C)(CBr)CN1CCn2c(nnc2C(F)(F)F)C1. The molecule has 0 saturated carbocycles. The van der Waals surface area contributed by atoms with Crippen molar-refractivity contribution < 1.29 is 13.2 Å². The van der Waals surface area contributed by atoms with E-state index in [0.29, 0.717) is 18.9 Å². The Balaban J connectivity index is 2.12. The molecule has 0 saturated heterocycles. The van der Waals surface area contributed by atoms with Crippen molar-refractivity contribution in [3.63, 3.8) is 0 Å². The van der Waals surface area contributed by atoms with E-state index >= 15 is 0 Å². The summed E-state index contributed by atoms with van der Waals surface area (Å²) in [5.41, 5.74) is 0.0784. The lowest BCUT2D eigenvalue weighted by Gasteiger charge is -2.34. The molecule has 0 spiro atoms. The molecule has 0 unspecified atom stereocenters. The van der Waals surface area contributed by atoms with Crippen LogP contribution in [0.25, 0.3) is 0 Å². The van der Waals surface area contributed by atoms with Gasteiger partial charge in [0.1, 0.15) is 5.82 Å². The summed E-state index contributed by atoms with van der Waals surface area (Å²) in [6.07, 6.45) is -4.43. The van der Waals surface area contributed by atoms with Crippen LogP contribution in [-0.4, -0.2) is 38.1 Å². The Morgan fingerprint density at radius 2 is 1.89 bits per heavy atom. The van der Waals surface area contributed by atoms with Crippen LogP contribution in [0.3, 0.4) is 0 Å². The summed E-state index contributed by atoms with van der Waals surface area (Å²) < 4.78 is 39.2. The fourth-order valence-corrected chi connectivity index (χ4v) is 2.38. The first-order chi connectivity index (χ1) is 8.73. The molecule has 4 nitrogen and oxygen atoms in total. The molecule has 0 bridgehead atoms. The van der Waals surface area contributed by atoms with E-state index in [1.54, 1.807) is 0 Å². The van der Waals surface area contributed by atoms with E-state index in [9.17, 15) is 13.2 Å². The Morgan fingerprint density at radius 1 is 1.21 bits per heavy atom. The van der Waals surface area contributed by atoms with E-state index in [1.165, 1.54) is 4.57 Å². The molecule has 0 fully saturated rings. The zero-order valence-corrected chi connectivity index (χ0v) is 12.4. The summed E-state index contributed by atoms with van der Waals surface area (Å²) in [5, 5.41) is 7.79. The number of aromatic nitrogens is 3. The van der Waals surface area contributed by atoms with E-state index in [0.717, 1.165) is 11.9 Å². The molecule has 0 aliphatic carbocycles. The third-order valence-electron chi connectivity index (χ3n) is 3.10. The van der Waals surface area contributed by atoms with Gasteiger partial charge in [0, 0.05) is 25.0 Å². The fraction of sp³-hybridized carbons (Fsp3) is 0.818. The van der Waals surface area contributed by atoms with Crippen LogP contribution in [0.15, 0.2) is 0 Å². The van der Waals surface area contributed by atoms with Gasteiger partial charge in [0.15, 0.2) is 0 Å². The monoisotopic (exact) mass is 340 g/mol. The first-order valence-electron chi connectivity index (χ1n) is 6.00. The topological polar surface area (TPSA) is 34.0 Å². The van der Waals surface area contributed by atoms with Gasteiger partial charge in [-0.2, -0.15) is 13.2 Å². The molecule has 0 amide bonds. The molecule has 0 N–H and O–H groups in total. The number of hydrogen-bond donors (Lipinski definition) is 0. The second-order valence-electron chi connectivity index (χ2n) is 5.60. The standard InChI is InChI=1S/C11H16BrF3N4/c1-10(2,6-12)7-18-3-4-19-8(5-18)16-17-9(19)11(13,14)15/h3-7H2,1-2H3. The highest BCUT2D eigenvalue weighted by Gasteiger charge is 2.39. The molecular weight excluding hydrogens is 325 g/mol. The summed E-state index contributed by atoms with van der Waals surface area (Å²) in [6.45, 7) is 6.33. The number of hydrogen-bond acceptors (Lipinski definition) is 3. The summed E-state index contributed by atoms with van der Waals surface area (Å²) in [4.78, 5) is 2.12. The van der Waals surface area contributed by atoms with Crippen LogP contribution in [0.1, 0.15) is 25.5 Å². The van der Waals surface area contributed by atoms with Gasteiger partial charge in [-0.25, -0.2) is 0 Å². The van der Waals surface area contributed by atoms with Gasteiger partial charge < -0.3 is 4.57 Å². The van der Waals surface area contributed by atoms with E-state index in [-0.39, 0.29) is 12.0 Å². The molecule has 1 aliphatic heterocycles. The molecule has 1 aromatic rings. The quantitative estimate of drug-likeness (QED) is 0.793. The molecule has 0 radical (unpaired) electrons. The van der Waals surface area contributed by atoms with Gasteiger partial charge in [-0.15, -0.1) is 10.2 Å². The van der Waals surface area contributed by atoms with Crippen LogP contribution in [0, 0.1) is 5.41 Å². The second-order valence-corrected chi connectivity index (χ2v) is 6.16. The van der Waals surface area contributed by atoms with Crippen LogP contribution in [-0.2, 0) is 19.3 Å². The summed E-state index contributed by atoms with van der Waals surface area (Å²) in [7, 11) is 0. The molecular formula is C11H16BrF3N4. The van der Waals surface area contributed by atoms with Gasteiger partial charge in [0.2, 0.25) is 5.82 Å². The molecule has 19 heavy (non-hydrogen) atoms. The summed E-state index contributed by atoms with van der Waals surface area (Å²) in [5.74, 6) is -0.495. The smallest absolute Gasteiger partial charge is 0.305 e. The highest BCUT2D eigenvalue weighted by atomic mass is 79.9. The van der Waals surface area contributed by atoms with Gasteiger partial charge in [-0.3, -0.25) is 4.90 Å². The lowest BCUT2D eigenvalue weighted by atomic mass is 9.95. The van der Waals surface area contributed by atoms with Crippen molar-refractivity contribution in [2.45, 2.75) is 33.1 Å². The average molecular weight is 341 g/mol. The zero-order chi connectivity index (χ0) is 14.3. The zero-order valence-electron chi connectivity index (χ0n) is 10.8. The van der Waals surface area contributed by atoms with E-state index < -0.39 is 12.0 Å². The molecule has 2 heterocycles. The largest absolute Gasteiger partial charge is 0.451 e. The van der Waals surface area contributed by atoms with Crippen LogP contribution in [0.2, 0.25) is 0 Å². The highest BCUT2D eigenvalue weighted by molar-refractivity contribution is 9.09. The Labute approximate surface area is 118 Å². The third kappa shape index (κ3) is 3.28. The van der Waals surface area contributed by atoms with Crippen LogP contribution in [0.4, 0.5) is 13.2 Å². The Hall–Kier alpha value is -0.630. The normalized spacial score (nSPS) is 17.6. The molecule has 1 aliphatic rings. The Morgan fingerprint density at radius 3 is 2.47 bits per heavy atom. The Kier molecular flexibility index (Phi) is 3.92. The van der Waals surface area contributed by atoms with Gasteiger partial charge in [0.05, 0.1) is 6.54 Å². The maximum atomic E-state index is 12.7. The number of rotatable bonds is 3. The van der Waals surface area contributed by atoms with Crippen molar-refractivity contribution in [3.05, 3.63) is 11.6 Å². The maximum absolute atomic E-state index is 12.7. The molecule has 108 valence electrons. The number of fused-ring (bicyclic) bond motifs is 1. The lowest BCUT2D eigenvalue weighted by molar-refractivity contribution is -0.148. The predicted octanol–water partition coefficient (Wildman–Crippen LogP) is 2.53. The molecule has 1 aromatic heterocycles. The van der Waals surface area contributed by atoms with Crippen LogP contribution in [0.5, 0.6) is 0 Å². The van der Waals surface area contributed by atoms with E-state index in [2.05, 4.69) is 44.9 Å². The van der Waals surface area contributed by atoms with Crippen molar-refractivity contribution in [1.82, 2.24) is 19.7 Å². The van der Waals surface area contributed by atoms with Crippen molar-refractivity contribution in [2.75, 3.05) is 18.4 Å². The number of alkyl halides is 4. The first-order valence-corrected chi connectivity index (χ1v) is 7.13. The van der Waals surface area contributed by atoms with Crippen LogP contribution >= 0.6 is 15.9 Å². The number of halogens is 4. The van der Waals surface area contributed by atoms with Crippen molar-refractivity contribution >= 4 is 15.9 Å². The van der Waals surface area contributed by atoms with Crippen molar-refractivity contribution in [3.8, 4) is 0 Å². The third-order valence-corrected chi connectivity index (χ3v) is 4.62. The fourth-order valence-electron chi connectivity index (χ4n) is 2.20. The van der Waals surface area contributed by atoms with Gasteiger partial charge in [0.25, 0.3) is 0 Å². The molecule has 0 atom stereocenters. The minimum absolute atomic E-state index is 0.0784. The highest BCUT2D eigenvalue weighted by Crippen LogP contribution is 2.30. The van der Waals surface area contributed by atoms with Crippen molar-refractivity contribution in [1.29, 1.82) is 0 Å². The second kappa shape index (κ2) is 5.05. The molecule has 2 rings (SSSR count). The molecule has 8 heteroatoms. The predicted molar refractivity (Wildman–Crippen MR) is 67.9 cm³/mol. The van der Waals surface area contributed by atoms with Gasteiger partial charge >= 0.3 is 6.18 Å². The minimum atomic E-state index is -4.43. The lowest BCUT2D eigenvalue weighted by Crippen LogP contribution is -2.41. The number of nitrogens with zero attached hydrogens (tertiary/aromatic N) is 4. The van der Waals surface area contributed by atoms with Gasteiger partial charge in [-0.05, 0) is 5.41 Å². The minimum Gasteiger partial charge on any atom is -0.305 e. The van der Waals surface area contributed by atoms with E-state index in [4.69, 9.17) is 0 Å². The van der Waals surface area contributed by atoms with Crippen LogP contribution < -0.4 is 0 Å². The van der Waals surface area contributed by atoms with E-state index in [1.807, 2.05) is 0 Å². The Bertz CT molecular complexity index is 455.